The van der Waals surface area contributed by atoms with Gasteiger partial charge in [-0.1, -0.05) is 53.7 Å². The highest BCUT2D eigenvalue weighted by molar-refractivity contribution is 5.97. The largest absolute Gasteiger partial charge is 0.508 e. The highest BCUT2D eigenvalue weighted by atomic mass is 16.5. The number of aromatic nitrogens is 2. The molecule has 0 radical (unpaired) electrons. The third-order valence-electron chi connectivity index (χ3n) is 13.1. The lowest BCUT2D eigenvalue weighted by molar-refractivity contribution is -0.155. The Morgan fingerprint density at radius 1 is 1.03 bits per heavy atom. The molecule has 0 saturated carbocycles. The highest BCUT2D eigenvalue weighted by Gasteiger charge is 2.47. The number of ether oxygens (including phenoxy) is 1. The first-order valence-corrected chi connectivity index (χ1v) is 23.0. The summed E-state index contributed by atoms with van der Waals surface area (Å²) in [5.74, 6) is -2.37. The molecular formula is C50H66N8O7. The zero-order valence-corrected chi connectivity index (χ0v) is 39.6. The summed E-state index contributed by atoms with van der Waals surface area (Å²) in [5.41, 5.74) is 9.31. The number of cyclic esters (lactones) is 1. The number of phenolic OH excluding ortho intramolecular Hbond substituents is 1. The van der Waals surface area contributed by atoms with Crippen molar-refractivity contribution in [3.8, 4) is 28.1 Å². The molecule has 4 aromatic rings. The minimum Gasteiger partial charge on any atom is -0.508 e. The fourth-order valence-corrected chi connectivity index (χ4v) is 9.52. The minimum absolute atomic E-state index is 0.00662. The van der Waals surface area contributed by atoms with E-state index in [0.717, 1.165) is 44.5 Å². The number of pyridine rings is 1. The number of likely N-dealkylation sites (N-methyl/N-ethyl adjacent to an activating group) is 2. The average Bonchev–Trinajstić information content (AvgIpc) is 3.95. The molecule has 65 heavy (non-hydrogen) atoms. The molecule has 2 saturated heterocycles. The number of aromatic hydroxyl groups is 1. The summed E-state index contributed by atoms with van der Waals surface area (Å²) in [5, 5.41) is 19.7. The fourth-order valence-electron chi connectivity index (χ4n) is 9.52. The van der Waals surface area contributed by atoms with E-state index in [4.69, 9.17) is 9.72 Å². The number of carbonyl (C=O) groups excluding carboxylic acids is 5. The molecule has 4 atom stereocenters. The van der Waals surface area contributed by atoms with Gasteiger partial charge in [0.05, 0.1) is 24.5 Å². The number of hydrogen-bond acceptors (Lipinski definition) is 10. The van der Waals surface area contributed by atoms with Crippen molar-refractivity contribution in [1.29, 1.82) is 0 Å². The van der Waals surface area contributed by atoms with Gasteiger partial charge in [0.2, 0.25) is 17.7 Å². The van der Waals surface area contributed by atoms with Crippen LogP contribution in [0.25, 0.3) is 33.3 Å². The van der Waals surface area contributed by atoms with Gasteiger partial charge in [0, 0.05) is 68.2 Å². The molecule has 4 amide bonds. The number of rotatable bonds is 10. The lowest BCUT2D eigenvalue weighted by Gasteiger charge is -2.37. The fraction of sp³-hybridized carbons (Fsp3) is 0.520. The van der Waals surface area contributed by atoms with E-state index in [1.807, 2.05) is 38.2 Å². The second kappa shape index (κ2) is 18.6. The third kappa shape index (κ3) is 9.91. The maximum absolute atomic E-state index is 14.7. The lowest BCUT2D eigenvalue weighted by atomic mass is 9.83. The second-order valence-electron chi connectivity index (χ2n) is 19.9. The minimum atomic E-state index is -1.17. The quantitative estimate of drug-likeness (QED) is 0.122. The van der Waals surface area contributed by atoms with Crippen LogP contribution < -0.4 is 16.1 Å². The molecule has 2 aromatic carbocycles. The molecule has 348 valence electrons. The molecule has 7 rings (SSSR count). The Labute approximate surface area is 382 Å². The van der Waals surface area contributed by atoms with Gasteiger partial charge >= 0.3 is 5.97 Å². The number of nitrogens with zero attached hydrogens (tertiary/aromatic N) is 5. The van der Waals surface area contributed by atoms with E-state index in [2.05, 4.69) is 73.4 Å². The normalized spacial score (nSPS) is 21.4. The molecule has 3 aliphatic rings. The third-order valence-corrected chi connectivity index (χ3v) is 13.1. The number of phenols is 1. The molecule has 3 aliphatic heterocycles. The van der Waals surface area contributed by atoms with Crippen molar-refractivity contribution >= 4 is 40.5 Å². The number of nitrogens with one attached hydrogen (secondary N) is 3. The molecule has 0 spiro atoms. The summed E-state index contributed by atoms with van der Waals surface area (Å²) in [4.78, 5) is 77.1. The Bertz CT molecular complexity index is 2490. The van der Waals surface area contributed by atoms with E-state index < -0.39 is 52.8 Å². The van der Waals surface area contributed by atoms with Crippen LogP contribution in [-0.2, 0) is 48.1 Å². The molecule has 0 unspecified atom stereocenters. The maximum atomic E-state index is 14.7. The molecule has 6 bridgehead atoms. The average molecular weight is 891 g/mol. The number of fused-ring (bicyclic) bond motifs is 6. The number of esters is 1. The van der Waals surface area contributed by atoms with E-state index in [9.17, 15) is 29.1 Å². The summed E-state index contributed by atoms with van der Waals surface area (Å²) >= 11 is 0. The summed E-state index contributed by atoms with van der Waals surface area (Å²) in [7, 11) is 3.09. The van der Waals surface area contributed by atoms with E-state index in [-0.39, 0.29) is 49.6 Å². The van der Waals surface area contributed by atoms with Crippen molar-refractivity contribution in [2.45, 2.75) is 117 Å². The van der Waals surface area contributed by atoms with Crippen molar-refractivity contribution in [2.24, 2.45) is 11.3 Å². The van der Waals surface area contributed by atoms with E-state index in [0.29, 0.717) is 37.9 Å². The summed E-state index contributed by atoms with van der Waals surface area (Å²) in [6.07, 6.45) is 3.35. The topological polar surface area (TPSA) is 188 Å². The van der Waals surface area contributed by atoms with Crippen LogP contribution in [-0.4, -0.2) is 123 Å². The zero-order valence-electron chi connectivity index (χ0n) is 39.6. The van der Waals surface area contributed by atoms with Crippen LogP contribution in [0.3, 0.4) is 0 Å². The Morgan fingerprint density at radius 2 is 1.77 bits per heavy atom. The number of benzene rings is 2. The van der Waals surface area contributed by atoms with E-state index >= 15 is 0 Å². The summed E-state index contributed by atoms with van der Waals surface area (Å²) in [6.45, 7) is 17.4. The maximum Gasteiger partial charge on any atom is 0.324 e. The Balaban J connectivity index is 1.30. The molecule has 2 fully saturated rings. The second-order valence-corrected chi connectivity index (χ2v) is 19.9. The van der Waals surface area contributed by atoms with Crippen LogP contribution in [0.1, 0.15) is 91.0 Å². The first-order chi connectivity index (χ1) is 30.7. The van der Waals surface area contributed by atoms with Crippen LogP contribution in [0.15, 0.2) is 54.7 Å². The molecule has 5 heterocycles. The van der Waals surface area contributed by atoms with Gasteiger partial charge in [-0.15, -0.1) is 0 Å². The SMILES string of the molecule is CCn1c(-c2cccnc2C(C)C)c2c3cc(ccc31)-c1cc(O)cc(c1)C[C@H](NC(=O)[C@H](C(C)C)N(C)C(=O)CN(C)C(=O)[C@@]1(C)CN1)C(=O)N1CCC[C@H](N1)C(=O)OCC(C)(C)C2. The number of hydrazine groups is 1. The summed E-state index contributed by atoms with van der Waals surface area (Å²) in [6, 6.07) is 12.6. The van der Waals surface area contributed by atoms with Gasteiger partial charge in [-0.2, -0.15) is 0 Å². The molecule has 15 heteroatoms. The van der Waals surface area contributed by atoms with Gasteiger partial charge in [0.1, 0.15) is 29.4 Å². The van der Waals surface area contributed by atoms with Crippen molar-refractivity contribution in [2.75, 3.05) is 40.3 Å². The zero-order chi connectivity index (χ0) is 47.1. The number of aryl methyl sites for hydroxylation is 1. The Kier molecular flexibility index (Phi) is 13.5. The van der Waals surface area contributed by atoms with E-state index in [1.54, 1.807) is 26.1 Å². The number of hydrogen-bond donors (Lipinski definition) is 4. The van der Waals surface area contributed by atoms with Crippen LogP contribution in [0, 0.1) is 11.3 Å². The smallest absolute Gasteiger partial charge is 0.324 e. The molecule has 15 nitrogen and oxygen atoms in total. The standard InChI is InChI=1S/C50H66N8O7/c1-11-57-40-17-16-32-24-36(40)37(44(57)35-14-12-18-51-42(35)29(2)3)25-49(6,7)28-65-47(63)38-15-13-19-58(54-38)46(62)39(22-31-20-33(32)23-34(59)21-31)53-45(61)43(30(4)5)56(10)41(60)26-55(9)48(64)50(8)27-52-50/h12,14,16-18,20-21,23-24,29-30,38-39,43,52,54,59H,11,13,15,19,22,25-28H2,1-10H3,(H,53,61)/t38-,39-,43-,50+/m0/s1. The predicted molar refractivity (Wildman–Crippen MR) is 249 cm³/mol. The first kappa shape index (κ1) is 47.2. The van der Waals surface area contributed by atoms with Crippen molar-refractivity contribution < 1.29 is 33.8 Å². The van der Waals surface area contributed by atoms with Crippen molar-refractivity contribution in [1.82, 2.24) is 40.4 Å². The van der Waals surface area contributed by atoms with Crippen LogP contribution >= 0.6 is 0 Å². The Hall–Kier alpha value is -5.80. The molecule has 2 aromatic heterocycles. The van der Waals surface area contributed by atoms with Crippen molar-refractivity contribution in [3.05, 3.63) is 71.5 Å². The predicted octanol–water partition coefficient (Wildman–Crippen LogP) is 5.17. The van der Waals surface area contributed by atoms with Crippen LogP contribution in [0.4, 0.5) is 0 Å². The van der Waals surface area contributed by atoms with Crippen molar-refractivity contribution in [3.63, 3.8) is 0 Å². The van der Waals surface area contributed by atoms with Gasteiger partial charge in [-0.05, 0) is 104 Å². The number of carbonyl (C=O) groups is 5. The highest BCUT2D eigenvalue weighted by Crippen LogP contribution is 2.42. The number of amides is 4. The van der Waals surface area contributed by atoms with Gasteiger partial charge in [-0.25, -0.2) is 5.43 Å². The van der Waals surface area contributed by atoms with Gasteiger partial charge in [0.25, 0.3) is 5.91 Å². The van der Waals surface area contributed by atoms with Gasteiger partial charge < -0.3 is 34.8 Å². The molecule has 4 N–H and O–H groups in total. The monoisotopic (exact) mass is 891 g/mol. The van der Waals surface area contributed by atoms with Crippen LogP contribution in [0.2, 0.25) is 0 Å². The van der Waals surface area contributed by atoms with Crippen LogP contribution in [0.5, 0.6) is 5.75 Å². The first-order valence-electron chi connectivity index (χ1n) is 23.0. The lowest BCUT2D eigenvalue weighted by Crippen LogP contribution is -2.62. The van der Waals surface area contributed by atoms with E-state index in [1.165, 1.54) is 21.9 Å². The Morgan fingerprint density at radius 3 is 2.45 bits per heavy atom. The molecule has 0 aliphatic carbocycles. The summed E-state index contributed by atoms with van der Waals surface area (Å²) < 4.78 is 8.43. The molecular weight excluding hydrogens is 825 g/mol. The van der Waals surface area contributed by atoms with Gasteiger partial charge in [-0.3, -0.25) is 34.0 Å². The van der Waals surface area contributed by atoms with Gasteiger partial charge in [0.15, 0.2) is 0 Å².